The van der Waals surface area contributed by atoms with E-state index in [4.69, 9.17) is 10.5 Å². The number of fused-ring (bicyclic) bond motifs is 1. The number of ether oxygens (including phenoxy) is 1. The molecule has 1 fully saturated rings. The van der Waals surface area contributed by atoms with Crippen molar-refractivity contribution in [2.45, 2.75) is 31.9 Å². The first-order chi connectivity index (χ1) is 9.08. The van der Waals surface area contributed by atoms with Gasteiger partial charge in [0.05, 0.1) is 4.47 Å². The average molecular weight is 325 g/mol. The van der Waals surface area contributed by atoms with Crippen LogP contribution >= 0.6 is 15.9 Å². The summed E-state index contributed by atoms with van der Waals surface area (Å²) in [5.74, 6) is 1.66. The second kappa shape index (κ2) is 5.08. The first kappa shape index (κ1) is 13.4. The lowest BCUT2D eigenvalue weighted by Crippen LogP contribution is -2.20. The zero-order valence-electron chi connectivity index (χ0n) is 11.5. The second-order valence-electron chi connectivity index (χ2n) is 5.92. The minimum Gasteiger partial charge on any atom is -0.489 e. The predicted molar refractivity (Wildman–Crippen MR) is 80.5 cm³/mol. The maximum atomic E-state index is 5.84. The van der Waals surface area contributed by atoms with Crippen LogP contribution in [0.4, 0.5) is 0 Å². The van der Waals surface area contributed by atoms with Crippen molar-refractivity contribution in [3.05, 3.63) is 27.7 Å². The van der Waals surface area contributed by atoms with E-state index in [2.05, 4.69) is 46.9 Å². The van der Waals surface area contributed by atoms with Crippen LogP contribution in [0.3, 0.4) is 0 Å². The monoisotopic (exact) mass is 324 g/mol. The molecular formula is C15H21BrN2O. The van der Waals surface area contributed by atoms with Crippen LogP contribution in [0.25, 0.3) is 0 Å². The predicted octanol–water partition coefficient (Wildman–Crippen LogP) is 2.72. The zero-order valence-corrected chi connectivity index (χ0v) is 13.1. The molecule has 0 bridgehead atoms. The van der Waals surface area contributed by atoms with Crippen LogP contribution in [0, 0.1) is 5.92 Å². The number of likely N-dealkylation sites (tertiary alicyclic amines) is 1. The number of hydrogen-bond acceptors (Lipinski definition) is 3. The van der Waals surface area contributed by atoms with Crippen LogP contribution in [0.2, 0.25) is 0 Å². The zero-order chi connectivity index (χ0) is 13.6. The maximum Gasteiger partial charge on any atom is 0.137 e. The van der Waals surface area contributed by atoms with Gasteiger partial charge in [-0.2, -0.15) is 0 Å². The molecule has 0 saturated carbocycles. The van der Waals surface area contributed by atoms with Crippen LogP contribution in [0.1, 0.15) is 30.5 Å². The van der Waals surface area contributed by atoms with Crippen molar-refractivity contribution in [2.24, 2.45) is 11.7 Å². The summed E-state index contributed by atoms with van der Waals surface area (Å²) >= 11 is 3.66. The summed E-state index contributed by atoms with van der Waals surface area (Å²) in [6, 6.07) is 5.03. The van der Waals surface area contributed by atoms with Gasteiger partial charge in [-0.05, 0) is 66.0 Å². The largest absolute Gasteiger partial charge is 0.489 e. The van der Waals surface area contributed by atoms with E-state index in [-0.39, 0.29) is 0 Å². The van der Waals surface area contributed by atoms with E-state index >= 15 is 0 Å². The number of nitrogens with two attached hydrogens (primary N) is 1. The highest BCUT2D eigenvalue weighted by atomic mass is 79.9. The van der Waals surface area contributed by atoms with Gasteiger partial charge in [0.2, 0.25) is 0 Å². The quantitative estimate of drug-likeness (QED) is 0.909. The standard InChI is InChI=1S/C15H21BrN2O/c1-9-3-12-5-11(6-13(16)15(12)19-9)14-4-10(7-17)8-18(14)2/h5-6,9-10,14H,3-4,7-8,17H2,1-2H3. The molecule has 1 aromatic rings. The Morgan fingerprint density at radius 1 is 1.47 bits per heavy atom. The molecule has 2 heterocycles. The SMILES string of the molecule is CC1Cc2cc(C3CC(CN)CN3C)cc(Br)c2O1. The second-order valence-corrected chi connectivity index (χ2v) is 6.77. The minimum absolute atomic E-state index is 0.291. The van der Waals surface area contributed by atoms with Crippen molar-refractivity contribution in [1.82, 2.24) is 4.90 Å². The van der Waals surface area contributed by atoms with Crippen LogP contribution in [-0.2, 0) is 6.42 Å². The molecule has 1 aromatic carbocycles. The third kappa shape index (κ3) is 2.41. The van der Waals surface area contributed by atoms with E-state index < -0.39 is 0 Å². The minimum atomic E-state index is 0.291. The normalized spacial score (nSPS) is 30.4. The van der Waals surface area contributed by atoms with E-state index in [1.807, 2.05) is 0 Å². The number of halogens is 1. The topological polar surface area (TPSA) is 38.5 Å². The summed E-state index contributed by atoms with van der Waals surface area (Å²) < 4.78 is 6.94. The Kier molecular flexibility index (Phi) is 3.58. The molecule has 104 valence electrons. The van der Waals surface area contributed by atoms with Crippen molar-refractivity contribution < 1.29 is 4.74 Å². The summed E-state index contributed by atoms with van der Waals surface area (Å²) in [7, 11) is 2.20. The van der Waals surface area contributed by atoms with Gasteiger partial charge in [0, 0.05) is 19.0 Å². The van der Waals surface area contributed by atoms with Gasteiger partial charge < -0.3 is 10.5 Å². The average Bonchev–Trinajstić information content (AvgIpc) is 2.91. The van der Waals surface area contributed by atoms with Gasteiger partial charge in [-0.15, -0.1) is 0 Å². The number of rotatable bonds is 2. The lowest BCUT2D eigenvalue weighted by atomic mass is 9.97. The fraction of sp³-hybridized carbons (Fsp3) is 0.600. The molecular weight excluding hydrogens is 304 g/mol. The third-order valence-corrected chi connectivity index (χ3v) is 4.91. The molecule has 3 nitrogen and oxygen atoms in total. The Morgan fingerprint density at radius 3 is 2.95 bits per heavy atom. The van der Waals surface area contributed by atoms with Gasteiger partial charge in [-0.3, -0.25) is 4.90 Å². The van der Waals surface area contributed by atoms with Gasteiger partial charge in [-0.25, -0.2) is 0 Å². The van der Waals surface area contributed by atoms with Crippen LogP contribution in [0.5, 0.6) is 5.75 Å². The maximum absolute atomic E-state index is 5.84. The Hall–Kier alpha value is -0.580. The lowest BCUT2D eigenvalue weighted by Gasteiger charge is -2.20. The summed E-state index contributed by atoms with van der Waals surface area (Å²) in [5, 5.41) is 0. The Labute approximate surface area is 123 Å². The highest BCUT2D eigenvalue weighted by Gasteiger charge is 2.31. The van der Waals surface area contributed by atoms with Crippen LogP contribution in [-0.4, -0.2) is 31.1 Å². The lowest BCUT2D eigenvalue weighted by molar-refractivity contribution is 0.253. The Bertz CT molecular complexity index is 491. The first-order valence-corrected chi connectivity index (χ1v) is 7.77. The molecule has 0 aromatic heterocycles. The van der Waals surface area contributed by atoms with Crippen molar-refractivity contribution in [1.29, 1.82) is 0 Å². The van der Waals surface area contributed by atoms with E-state index in [9.17, 15) is 0 Å². The Morgan fingerprint density at radius 2 is 2.26 bits per heavy atom. The van der Waals surface area contributed by atoms with E-state index in [1.54, 1.807) is 0 Å². The molecule has 2 N–H and O–H groups in total. The fourth-order valence-corrected chi connectivity index (χ4v) is 3.98. The van der Waals surface area contributed by atoms with E-state index in [0.717, 1.165) is 36.2 Å². The molecule has 2 aliphatic heterocycles. The van der Waals surface area contributed by atoms with Gasteiger partial charge >= 0.3 is 0 Å². The first-order valence-electron chi connectivity index (χ1n) is 6.97. The molecule has 3 atom stereocenters. The molecule has 0 amide bonds. The summed E-state index contributed by atoms with van der Waals surface area (Å²) in [6.07, 6.45) is 2.47. The number of benzene rings is 1. The molecule has 2 aliphatic rings. The highest BCUT2D eigenvalue weighted by molar-refractivity contribution is 9.10. The van der Waals surface area contributed by atoms with Gasteiger partial charge in [-0.1, -0.05) is 6.07 Å². The van der Waals surface area contributed by atoms with E-state index in [0.29, 0.717) is 18.1 Å². The summed E-state index contributed by atoms with van der Waals surface area (Å²) in [6.45, 7) is 4.01. The molecule has 0 spiro atoms. The van der Waals surface area contributed by atoms with Gasteiger partial charge in [0.1, 0.15) is 11.9 Å². The van der Waals surface area contributed by atoms with Gasteiger partial charge in [0.25, 0.3) is 0 Å². The molecule has 3 unspecified atom stereocenters. The van der Waals surface area contributed by atoms with E-state index in [1.165, 1.54) is 11.1 Å². The van der Waals surface area contributed by atoms with Crippen LogP contribution in [0.15, 0.2) is 16.6 Å². The van der Waals surface area contributed by atoms with Crippen molar-refractivity contribution >= 4 is 15.9 Å². The van der Waals surface area contributed by atoms with Crippen LogP contribution < -0.4 is 10.5 Å². The molecule has 0 aliphatic carbocycles. The Balaban J connectivity index is 1.91. The number of hydrogen-bond donors (Lipinski definition) is 1. The van der Waals surface area contributed by atoms with Crippen molar-refractivity contribution in [3.63, 3.8) is 0 Å². The highest BCUT2D eigenvalue weighted by Crippen LogP contribution is 2.41. The smallest absolute Gasteiger partial charge is 0.137 e. The van der Waals surface area contributed by atoms with Gasteiger partial charge in [0.15, 0.2) is 0 Å². The molecule has 0 radical (unpaired) electrons. The third-order valence-electron chi connectivity index (χ3n) is 4.32. The number of nitrogens with zero attached hydrogens (tertiary/aromatic N) is 1. The summed E-state index contributed by atoms with van der Waals surface area (Å²) in [4.78, 5) is 2.42. The molecule has 3 rings (SSSR count). The molecule has 4 heteroatoms. The fourth-order valence-electron chi connectivity index (χ4n) is 3.37. The molecule has 19 heavy (non-hydrogen) atoms. The van der Waals surface area contributed by atoms with Crippen molar-refractivity contribution in [2.75, 3.05) is 20.1 Å². The molecule has 1 saturated heterocycles. The summed E-state index contributed by atoms with van der Waals surface area (Å²) in [5.41, 5.74) is 8.54. The van der Waals surface area contributed by atoms with Crippen molar-refractivity contribution in [3.8, 4) is 5.75 Å².